The minimum atomic E-state index is -1.47. The number of hydrazone groups is 1. The number of nitrogens with one attached hydrogen (secondary N) is 8. The lowest BCUT2D eigenvalue weighted by Crippen LogP contribution is -2.60. The van der Waals surface area contributed by atoms with Gasteiger partial charge in [0.2, 0.25) is 53.2 Å². The zero-order valence-corrected chi connectivity index (χ0v) is 81.4. The van der Waals surface area contributed by atoms with E-state index in [0.29, 0.717) is 211 Å². The number of esters is 1. The van der Waals surface area contributed by atoms with Gasteiger partial charge in [-0.3, -0.25) is 58.3 Å². The van der Waals surface area contributed by atoms with Gasteiger partial charge in [0.25, 0.3) is 0 Å². The van der Waals surface area contributed by atoms with Crippen LogP contribution in [0.2, 0.25) is 0 Å². The first-order chi connectivity index (χ1) is 64.3. The van der Waals surface area contributed by atoms with E-state index in [0.717, 1.165) is 105 Å². The van der Waals surface area contributed by atoms with Gasteiger partial charge in [0.05, 0.1) is 170 Å². The van der Waals surface area contributed by atoms with Crippen LogP contribution in [0.3, 0.4) is 0 Å². The molecule has 0 heterocycles. The number of carbonyl (C=O) groups is 10. The number of ether oxygens (including phenoxy) is 10. The molecule has 14 atom stereocenters. The number of anilines is 1. The summed E-state index contributed by atoms with van der Waals surface area (Å²) in [5.74, 6) is 8.92. The lowest BCUT2D eigenvalue weighted by atomic mass is 9.49. The molecule has 4 fully saturated rings. The van der Waals surface area contributed by atoms with E-state index in [4.69, 9.17) is 58.2 Å². The fraction of sp³-hybridized carbons (Fsp3) is 0.740. The first-order valence-corrected chi connectivity index (χ1v) is 49.3. The summed E-state index contributed by atoms with van der Waals surface area (Å²) in [6.45, 7) is 19.5. The molecule has 2 unspecified atom stereocenters. The molecular weight excluding hydrogens is 1720 g/mol. The monoisotopic (exact) mass is 1880 g/mol. The summed E-state index contributed by atoms with van der Waals surface area (Å²) in [5, 5.41) is 47.8. The molecule has 2 aromatic rings. The number of benzene rings is 2. The maximum atomic E-state index is 14.9. The number of aromatic hydroxyl groups is 1. The molecule has 0 bridgehead atoms. The quantitative estimate of drug-likeness (QED) is 0.00593. The maximum absolute atomic E-state index is 14.9. The van der Waals surface area contributed by atoms with Crippen LogP contribution in [-0.2, 0) is 119 Å². The second-order valence-corrected chi connectivity index (χ2v) is 39.4. The number of aliphatic imine (C=N–C) groups is 1. The molecule has 4 saturated carbocycles. The topological polar surface area (TPSA) is 450 Å². The highest BCUT2D eigenvalue weighted by Gasteiger charge is 2.59. The molecule has 0 spiro atoms. The molecule has 748 valence electrons. The SMILES string of the molecule is CC(C)[C@H](NC(=O)[C@@H](CCCCNC(=O)COC1CCCCCC(=NCCOCCOCCOCCOCCC(=O)NCC[N+](C)(C)C)C1=NN)NC(=O)CCOCCOCCOCCOCCCC(=O)OCC1[C@H]2CCC#CCC[C@@H]12)C(=O)N[C@@H](C)C(=O)N[C@@H](CO)C(=O)Nc1ccc2c(c1)[C@@]1(C)CCC[C@](C)(C(=O)NC(=O)[C@@]3(C)CCC[C@]4(C)c5cc(O)ccc5CC[C@@H]34)[C@@H]1CC2. The predicted octanol–water partition coefficient (Wildman–Crippen LogP) is 7.19. The Hall–Kier alpha value is -8.60. The van der Waals surface area contributed by atoms with Gasteiger partial charge in [-0.15, -0.1) is 11.8 Å². The van der Waals surface area contributed by atoms with Crippen molar-refractivity contribution >= 4 is 76.2 Å². The van der Waals surface area contributed by atoms with Crippen molar-refractivity contribution in [1.29, 1.82) is 0 Å². The standard InChI is InChI=1S/C100H156N12O22/c1-68(2)89(94(122)105-69(3)91(119)108-81(65-113)93(121)106-72-33-29-70-31-35-83-97(4,77(70)63-72)39-21-41-99(83,6)95(123)110-96(124)100(7)42-22-40-98(5)78-64-73(114)34-30-71(78)32-36-84(98)100)109-92(120)80(107-86(116)38-49-127-53-57-131-60-59-129-55-51-125-47-20-28-88(118)134-66-76-74-23-14-11-12-15-24-75(74)76)26-18-19-43-103-87(117)67-133-82-27-17-13-16-25-79(90(82)111-101)102-45-50-128-54-58-132-62-61-130-56-52-126-48-37-85(115)104-44-46-112(8,9)10/h29-30,33-34,63-64,68-69,74-76,80-84,89,113H,13-28,31-32,35-62,65-67H2,1-10H3,(H10-,101,102,103,104,105,106,107,108,109,110,114,115,116,117,119,120,121,122,123,124)/p+1/t69-,74-,75+,76?,80+,81-,82?,83+,84+,89-,97+,98+,99-,100-/m0/s1. The number of nitrogens with zero attached hydrogens (tertiary/aromatic N) is 3. The van der Waals surface area contributed by atoms with Crippen molar-refractivity contribution in [3.63, 3.8) is 0 Å². The second-order valence-electron chi connectivity index (χ2n) is 39.4. The number of rotatable bonds is 57. The van der Waals surface area contributed by atoms with Gasteiger partial charge in [-0.05, 0) is 209 Å². The van der Waals surface area contributed by atoms with Crippen LogP contribution in [0.4, 0.5) is 5.69 Å². The number of phenolic OH excluding ortho intramolecular Hbond substituents is 1. The zero-order chi connectivity index (χ0) is 96.7. The third-order valence-electron chi connectivity index (χ3n) is 28.2. The maximum Gasteiger partial charge on any atom is 0.305 e. The summed E-state index contributed by atoms with van der Waals surface area (Å²) in [5.41, 5.74) is 3.28. The van der Waals surface area contributed by atoms with Crippen molar-refractivity contribution in [2.45, 2.75) is 257 Å². The molecule has 9 amide bonds. The number of aryl methyl sites for hydroxylation is 2. The van der Waals surface area contributed by atoms with Crippen molar-refractivity contribution in [2.24, 2.45) is 62.3 Å². The van der Waals surface area contributed by atoms with Gasteiger partial charge < -0.3 is 105 Å². The molecule has 0 saturated heterocycles. The molecule has 0 aliphatic heterocycles. The number of nitrogens with two attached hydrogens (primary N) is 1. The van der Waals surface area contributed by atoms with Crippen LogP contribution in [-0.4, -0.2) is 288 Å². The van der Waals surface area contributed by atoms with E-state index in [9.17, 15) is 58.2 Å². The molecule has 134 heavy (non-hydrogen) atoms. The van der Waals surface area contributed by atoms with Crippen LogP contribution < -0.4 is 48.4 Å². The van der Waals surface area contributed by atoms with Crippen molar-refractivity contribution in [3.8, 4) is 17.6 Å². The van der Waals surface area contributed by atoms with Gasteiger partial charge in [-0.2, -0.15) is 5.10 Å². The van der Waals surface area contributed by atoms with E-state index in [2.05, 4.69) is 94.5 Å². The minimum Gasteiger partial charge on any atom is -0.508 e. The summed E-state index contributed by atoms with van der Waals surface area (Å²) in [6.07, 6.45) is 16.4. The number of imide groups is 1. The molecule has 34 nitrogen and oxygen atoms in total. The predicted molar refractivity (Wildman–Crippen MR) is 506 cm³/mol. The highest BCUT2D eigenvalue weighted by molar-refractivity contribution is 6.44. The van der Waals surface area contributed by atoms with E-state index < -0.39 is 94.5 Å². The number of quaternary nitrogens is 1. The lowest BCUT2D eigenvalue weighted by molar-refractivity contribution is -0.869. The van der Waals surface area contributed by atoms with E-state index in [1.807, 2.05) is 38.1 Å². The summed E-state index contributed by atoms with van der Waals surface area (Å²) < 4.78 is 57.7. The third-order valence-corrected chi connectivity index (χ3v) is 28.2. The van der Waals surface area contributed by atoms with Gasteiger partial charge in [-0.1, -0.05) is 79.4 Å². The number of aliphatic hydroxyl groups excluding tert-OH is 1. The number of likely N-dealkylation sites (N-methyl/N-ethyl adjacent to an activating group) is 1. The molecule has 2 aromatic carbocycles. The first kappa shape index (κ1) is 109. The average Bonchev–Trinajstić information content (AvgIpc) is 1.17. The van der Waals surface area contributed by atoms with Gasteiger partial charge >= 0.3 is 5.97 Å². The normalized spacial score (nSPS) is 24.5. The van der Waals surface area contributed by atoms with Crippen LogP contribution >= 0.6 is 0 Å². The van der Waals surface area contributed by atoms with Gasteiger partial charge in [0.15, 0.2) is 0 Å². The van der Waals surface area contributed by atoms with Crippen molar-refractivity contribution < 1.29 is 110 Å². The highest BCUT2D eigenvalue weighted by Crippen LogP contribution is 2.60. The largest absolute Gasteiger partial charge is 0.508 e. The van der Waals surface area contributed by atoms with Crippen LogP contribution in [0.5, 0.6) is 5.75 Å². The molecule has 7 aliphatic rings. The van der Waals surface area contributed by atoms with E-state index in [1.54, 1.807) is 26.0 Å². The number of hydrogen-bond donors (Lipinski definition) is 11. The molecule has 0 radical (unpaired) electrons. The van der Waals surface area contributed by atoms with Crippen LogP contribution in [0.1, 0.15) is 225 Å². The molecule has 9 rings (SSSR count). The summed E-state index contributed by atoms with van der Waals surface area (Å²) in [6, 6.07) is 6.04. The van der Waals surface area contributed by atoms with Crippen LogP contribution in [0, 0.1) is 58.2 Å². The number of carbonyl (C=O) groups excluding carboxylic acids is 10. The minimum absolute atomic E-state index is 0.00922. The summed E-state index contributed by atoms with van der Waals surface area (Å²) in [7, 11) is 6.22. The average molecular weight is 1880 g/mol. The Balaban J connectivity index is 0.708. The van der Waals surface area contributed by atoms with Crippen molar-refractivity contribution in [2.75, 3.05) is 178 Å². The van der Waals surface area contributed by atoms with Crippen LogP contribution in [0.15, 0.2) is 46.5 Å². The van der Waals surface area contributed by atoms with Gasteiger partial charge in [-0.25, -0.2) is 0 Å². The Morgan fingerprint density at radius 3 is 1.66 bits per heavy atom. The van der Waals surface area contributed by atoms with E-state index >= 15 is 0 Å². The fourth-order valence-corrected chi connectivity index (χ4v) is 20.6. The smallest absolute Gasteiger partial charge is 0.305 e. The molecular formula is C100H157N12O22+. The molecule has 12 N–H and O–H groups in total. The summed E-state index contributed by atoms with van der Waals surface area (Å²) in [4.78, 5) is 143. The lowest BCUT2D eigenvalue weighted by Gasteiger charge is -2.56. The van der Waals surface area contributed by atoms with Gasteiger partial charge in [0.1, 0.15) is 48.3 Å². The summed E-state index contributed by atoms with van der Waals surface area (Å²) >= 11 is 0. The highest BCUT2D eigenvalue weighted by atomic mass is 16.6. The van der Waals surface area contributed by atoms with Crippen molar-refractivity contribution in [3.05, 3.63) is 58.7 Å². The number of amides is 9. The number of aliphatic hydroxyl groups is 1. The number of phenols is 1. The molecule has 34 heteroatoms. The van der Waals surface area contributed by atoms with E-state index in [1.165, 1.54) is 12.5 Å². The Morgan fingerprint density at radius 1 is 0.537 bits per heavy atom. The fourth-order valence-electron chi connectivity index (χ4n) is 20.6. The Morgan fingerprint density at radius 2 is 1.09 bits per heavy atom. The Bertz CT molecular complexity index is 4270. The second kappa shape index (κ2) is 55.1. The van der Waals surface area contributed by atoms with Gasteiger partial charge in [0, 0.05) is 50.9 Å². The zero-order valence-electron chi connectivity index (χ0n) is 81.4. The molecule has 7 aliphatic carbocycles. The number of hydrogen-bond acceptors (Lipinski definition) is 25. The molecule has 0 aromatic heterocycles. The third kappa shape index (κ3) is 33.4. The number of fused-ring (bicyclic) bond motifs is 7. The Kier molecular flexibility index (Phi) is 44.8. The van der Waals surface area contributed by atoms with Crippen LogP contribution in [0.25, 0.3) is 0 Å². The Labute approximate surface area is 792 Å². The van der Waals surface area contributed by atoms with Crippen molar-refractivity contribution in [1.82, 2.24) is 37.2 Å². The van der Waals surface area contributed by atoms with E-state index in [-0.39, 0.29) is 99.1 Å². The first-order valence-electron chi connectivity index (χ1n) is 49.3. The number of unbranched alkanes of at least 4 members (excludes halogenated alkanes) is 1.